The van der Waals surface area contributed by atoms with Gasteiger partial charge in [-0.15, -0.1) is 11.3 Å². The summed E-state index contributed by atoms with van der Waals surface area (Å²) in [5.74, 6) is -0.368. The fourth-order valence-corrected chi connectivity index (χ4v) is 3.88. The molecule has 1 N–H and O–H groups in total. The summed E-state index contributed by atoms with van der Waals surface area (Å²) in [7, 11) is -3.60. The van der Waals surface area contributed by atoms with Crippen LogP contribution < -0.4 is 5.56 Å². The molecule has 0 amide bonds. The van der Waals surface area contributed by atoms with E-state index in [9.17, 15) is 17.6 Å². The summed E-state index contributed by atoms with van der Waals surface area (Å²) < 4.78 is 36.2. The SMILES string of the molecule is Cc1sc2nc(S(C)(=O)=O)[nH]c(=O)c2c1-c1ccc(F)cc1. The number of benzene rings is 1. The van der Waals surface area contributed by atoms with Gasteiger partial charge in [-0.1, -0.05) is 12.1 Å². The van der Waals surface area contributed by atoms with Gasteiger partial charge in [-0.05, 0) is 24.6 Å². The molecule has 22 heavy (non-hydrogen) atoms. The molecule has 0 radical (unpaired) electrons. The third kappa shape index (κ3) is 2.44. The third-order valence-corrected chi connectivity index (χ3v) is 5.10. The highest BCUT2D eigenvalue weighted by Gasteiger charge is 2.19. The lowest BCUT2D eigenvalue weighted by Gasteiger charge is -2.02. The van der Waals surface area contributed by atoms with E-state index in [1.54, 1.807) is 12.1 Å². The molecule has 3 aromatic rings. The average molecular weight is 338 g/mol. The molecule has 0 spiro atoms. The molecule has 114 valence electrons. The number of aryl methyl sites for hydroxylation is 1. The second kappa shape index (κ2) is 4.99. The first-order valence-corrected chi connectivity index (χ1v) is 8.97. The van der Waals surface area contributed by atoms with Crippen molar-refractivity contribution in [2.24, 2.45) is 0 Å². The monoisotopic (exact) mass is 338 g/mol. The minimum absolute atomic E-state index is 0.321. The third-order valence-electron chi connectivity index (χ3n) is 3.20. The van der Waals surface area contributed by atoms with Crippen molar-refractivity contribution in [3.63, 3.8) is 0 Å². The van der Waals surface area contributed by atoms with Gasteiger partial charge in [0, 0.05) is 16.7 Å². The van der Waals surface area contributed by atoms with E-state index in [4.69, 9.17) is 0 Å². The molecule has 0 aliphatic rings. The van der Waals surface area contributed by atoms with Crippen LogP contribution in [-0.4, -0.2) is 24.6 Å². The summed E-state index contributed by atoms with van der Waals surface area (Å²) in [5.41, 5.74) is 0.812. The predicted molar refractivity (Wildman–Crippen MR) is 83.5 cm³/mol. The molecule has 2 aromatic heterocycles. The van der Waals surface area contributed by atoms with E-state index in [-0.39, 0.29) is 11.0 Å². The van der Waals surface area contributed by atoms with Crippen molar-refractivity contribution in [3.8, 4) is 11.1 Å². The van der Waals surface area contributed by atoms with Gasteiger partial charge in [-0.2, -0.15) is 0 Å². The van der Waals surface area contributed by atoms with Gasteiger partial charge in [-0.25, -0.2) is 17.8 Å². The van der Waals surface area contributed by atoms with Gasteiger partial charge in [0.1, 0.15) is 10.6 Å². The number of rotatable bonds is 2. The quantitative estimate of drug-likeness (QED) is 0.728. The summed E-state index contributed by atoms with van der Waals surface area (Å²) in [6.07, 6.45) is 0.985. The number of hydrogen-bond donors (Lipinski definition) is 1. The zero-order valence-corrected chi connectivity index (χ0v) is 13.3. The predicted octanol–water partition coefficient (Wildman–Crippen LogP) is 2.50. The lowest BCUT2D eigenvalue weighted by Crippen LogP contribution is -2.14. The topological polar surface area (TPSA) is 79.9 Å². The van der Waals surface area contributed by atoms with Crippen LogP contribution in [-0.2, 0) is 9.84 Å². The number of aromatic amines is 1. The van der Waals surface area contributed by atoms with Crippen molar-refractivity contribution in [1.29, 1.82) is 0 Å². The van der Waals surface area contributed by atoms with Crippen molar-refractivity contribution >= 4 is 31.4 Å². The van der Waals surface area contributed by atoms with E-state index >= 15 is 0 Å². The summed E-state index contributed by atoms with van der Waals surface area (Å²) in [4.78, 5) is 19.8. The van der Waals surface area contributed by atoms with Crippen LogP contribution in [0.25, 0.3) is 21.3 Å². The number of aromatic nitrogens is 2. The van der Waals surface area contributed by atoms with E-state index < -0.39 is 15.4 Å². The summed E-state index contributed by atoms with van der Waals surface area (Å²) >= 11 is 1.23. The van der Waals surface area contributed by atoms with Crippen molar-refractivity contribution in [2.75, 3.05) is 6.26 Å². The number of fused-ring (bicyclic) bond motifs is 1. The number of hydrogen-bond acceptors (Lipinski definition) is 5. The van der Waals surface area contributed by atoms with Gasteiger partial charge in [-0.3, -0.25) is 9.78 Å². The molecule has 0 fully saturated rings. The van der Waals surface area contributed by atoms with Gasteiger partial charge < -0.3 is 0 Å². The van der Waals surface area contributed by atoms with E-state index in [1.165, 1.54) is 23.5 Å². The van der Waals surface area contributed by atoms with Crippen LogP contribution >= 0.6 is 11.3 Å². The summed E-state index contributed by atoms with van der Waals surface area (Å²) in [5, 5.41) is -0.0292. The first-order chi connectivity index (χ1) is 10.3. The standard InChI is InChI=1S/C14H11FN2O3S2/c1-7-10(8-3-5-9(15)6-4-8)11-12(18)16-14(22(2,19)20)17-13(11)21-7/h3-6H,1-2H3,(H,16,17,18). The normalized spacial score (nSPS) is 12.0. The summed E-state index contributed by atoms with van der Waals surface area (Å²) in [6.45, 7) is 1.81. The number of H-pyrrole nitrogens is 1. The Balaban J connectivity index is 2.36. The fraction of sp³-hybridized carbons (Fsp3) is 0.143. The zero-order chi connectivity index (χ0) is 16.1. The molecule has 2 heterocycles. The Morgan fingerprint density at radius 1 is 1.23 bits per heavy atom. The number of nitrogens with one attached hydrogen (secondary N) is 1. The highest BCUT2D eigenvalue weighted by Crippen LogP contribution is 2.35. The Labute approximate surface area is 129 Å². The van der Waals surface area contributed by atoms with Crippen LogP contribution in [0.2, 0.25) is 0 Å². The highest BCUT2D eigenvalue weighted by atomic mass is 32.2. The van der Waals surface area contributed by atoms with E-state index in [0.29, 0.717) is 21.3 Å². The van der Waals surface area contributed by atoms with Crippen molar-refractivity contribution in [3.05, 3.63) is 45.3 Å². The average Bonchev–Trinajstić information content (AvgIpc) is 2.75. The largest absolute Gasteiger partial charge is 0.297 e. The molecule has 8 heteroatoms. The lowest BCUT2D eigenvalue weighted by molar-refractivity contribution is 0.593. The molecule has 0 bridgehead atoms. The van der Waals surface area contributed by atoms with E-state index in [0.717, 1.165) is 11.1 Å². The van der Waals surface area contributed by atoms with E-state index in [1.807, 2.05) is 6.92 Å². The maximum absolute atomic E-state index is 13.1. The van der Waals surface area contributed by atoms with Crippen molar-refractivity contribution in [2.45, 2.75) is 12.1 Å². The van der Waals surface area contributed by atoms with Gasteiger partial charge >= 0.3 is 0 Å². The Morgan fingerprint density at radius 2 is 1.86 bits per heavy atom. The number of halogens is 1. The first-order valence-electron chi connectivity index (χ1n) is 6.27. The molecule has 3 rings (SSSR count). The molecule has 0 aliphatic heterocycles. The fourth-order valence-electron chi connectivity index (χ4n) is 2.24. The lowest BCUT2D eigenvalue weighted by atomic mass is 10.0. The van der Waals surface area contributed by atoms with Crippen LogP contribution in [0.4, 0.5) is 4.39 Å². The Kier molecular flexibility index (Phi) is 3.37. The molecule has 0 saturated heterocycles. The second-order valence-electron chi connectivity index (χ2n) is 4.86. The van der Waals surface area contributed by atoms with Gasteiger partial charge in [0.25, 0.3) is 5.56 Å². The Bertz CT molecular complexity index is 1030. The molecule has 0 saturated carbocycles. The first kappa shape index (κ1) is 14.9. The van der Waals surface area contributed by atoms with Crippen LogP contribution in [0.1, 0.15) is 4.88 Å². The van der Waals surface area contributed by atoms with Crippen LogP contribution in [0.5, 0.6) is 0 Å². The second-order valence-corrected chi connectivity index (χ2v) is 8.00. The van der Waals surface area contributed by atoms with Crippen molar-refractivity contribution < 1.29 is 12.8 Å². The van der Waals surface area contributed by atoms with Gasteiger partial charge in [0.15, 0.2) is 0 Å². The maximum atomic E-state index is 13.1. The molecule has 0 unspecified atom stereocenters. The minimum atomic E-state index is -3.60. The molecule has 1 aromatic carbocycles. The Morgan fingerprint density at radius 3 is 2.45 bits per heavy atom. The van der Waals surface area contributed by atoms with Crippen LogP contribution in [0.3, 0.4) is 0 Å². The molecule has 0 aliphatic carbocycles. The highest BCUT2D eigenvalue weighted by molar-refractivity contribution is 7.90. The van der Waals surface area contributed by atoms with E-state index in [2.05, 4.69) is 9.97 Å². The zero-order valence-electron chi connectivity index (χ0n) is 11.7. The number of thiophene rings is 1. The van der Waals surface area contributed by atoms with Crippen LogP contribution in [0.15, 0.2) is 34.2 Å². The van der Waals surface area contributed by atoms with Crippen molar-refractivity contribution in [1.82, 2.24) is 9.97 Å². The van der Waals surface area contributed by atoms with Crippen LogP contribution in [0, 0.1) is 12.7 Å². The number of sulfone groups is 1. The molecular weight excluding hydrogens is 327 g/mol. The molecule has 5 nitrogen and oxygen atoms in total. The smallest absolute Gasteiger partial charge is 0.261 e. The Hall–Kier alpha value is -2.06. The summed E-state index contributed by atoms with van der Waals surface area (Å²) in [6, 6.07) is 5.77. The molecule has 0 atom stereocenters. The van der Waals surface area contributed by atoms with Gasteiger partial charge in [0.2, 0.25) is 15.0 Å². The van der Waals surface area contributed by atoms with Gasteiger partial charge in [0.05, 0.1) is 5.39 Å². The maximum Gasteiger partial charge on any atom is 0.261 e. The molecular formula is C14H11FN2O3S2. The minimum Gasteiger partial charge on any atom is -0.297 e. The number of nitrogens with zero attached hydrogens (tertiary/aromatic N) is 1.